The van der Waals surface area contributed by atoms with Gasteiger partial charge in [-0.25, -0.2) is 0 Å². The van der Waals surface area contributed by atoms with Gasteiger partial charge in [-0.3, -0.25) is 20.0 Å². The van der Waals surface area contributed by atoms with E-state index < -0.39 is 17.5 Å². The number of carbonyl (C=O) groups excluding carboxylic acids is 2. The summed E-state index contributed by atoms with van der Waals surface area (Å²) in [6.07, 6.45) is 0. The zero-order valence-electron chi connectivity index (χ0n) is 8.07. The Kier molecular flexibility index (Phi) is 4.70. The molecular weight excluding hydrogens is 188 g/mol. The fourth-order valence-electron chi connectivity index (χ4n) is 0.644. The van der Waals surface area contributed by atoms with Crippen LogP contribution in [-0.4, -0.2) is 36.7 Å². The van der Waals surface area contributed by atoms with Gasteiger partial charge in [0.15, 0.2) is 0 Å². The van der Waals surface area contributed by atoms with Crippen LogP contribution in [0.3, 0.4) is 0 Å². The van der Waals surface area contributed by atoms with Crippen LogP contribution in [0.1, 0.15) is 6.92 Å². The fraction of sp³-hybridized carbons (Fsp3) is 0.429. The molecule has 14 heavy (non-hydrogen) atoms. The summed E-state index contributed by atoms with van der Waals surface area (Å²) in [5.41, 5.74) is 1.73. The van der Waals surface area contributed by atoms with Gasteiger partial charge in [-0.15, -0.1) is 0 Å². The predicted octanol–water partition coefficient (Wildman–Crippen LogP) is -0.978. The van der Waals surface area contributed by atoms with Crippen LogP contribution in [0.2, 0.25) is 0 Å². The minimum atomic E-state index is -0.746. The highest BCUT2D eigenvalue weighted by molar-refractivity contribution is 6.44. The normalized spacial score (nSPS) is 10.0. The number of oxime groups is 1. The van der Waals surface area contributed by atoms with Crippen LogP contribution >= 0.6 is 0 Å². The summed E-state index contributed by atoms with van der Waals surface area (Å²) in [5.74, 6) is -1.17. The quantitative estimate of drug-likeness (QED) is 0.455. The molecule has 2 amide bonds. The van der Waals surface area contributed by atoms with Gasteiger partial charge in [-0.1, -0.05) is 5.16 Å². The number of hydrogen-bond donors (Lipinski definition) is 1. The second-order valence-electron chi connectivity index (χ2n) is 2.27. The van der Waals surface area contributed by atoms with Crippen molar-refractivity contribution in [3.63, 3.8) is 0 Å². The molecule has 0 spiro atoms. The van der Waals surface area contributed by atoms with Crippen molar-refractivity contribution in [3.8, 4) is 6.07 Å². The molecule has 7 heteroatoms. The molecule has 7 nitrogen and oxygen atoms in total. The molecule has 0 unspecified atom stereocenters. The molecule has 0 saturated heterocycles. The lowest BCUT2D eigenvalue weighted by Gasteiger charge is -2.15. The fourth-order valence-corrected chi connectivity index (χ4v) is 0.644. The van der Waals surface area contributed by atoms with E-state index in [-0.39, 0.29) is 0 Å². The molecule has 0 aliphatic rings. The van der Waals surface area contributed by atoms with Crippen LogP contribution in [0.25, 0.3) is 0 Å². The Bertz CT molecular complexity index is 305. The average molecular weight is 198 g/mol. The summed E-state index contributed by atoms with van der Waals surface area (Å²) in [6.45, 7) is 1.24. The van der Waals surface area contributed by atoms with Gasteiger partial charge in [0, 0.05) is 14.0 Å². The van der Waals surface area contributed by atoms with E-state index in [9.17, 15) is 9.59 Å². The summed E-state index contributed by atoms with van der Waals surface area (Å²) in [7, 11) is 2.51. The Morgan fingerprint density at radius 2 is 2.14 bits per heavy atom. The van der Waals surface area contributed by atoms with E-state index in [1.54, 1.807) is 0 Å². The Hall–Kier alpha value is -2.10. The first-order chi connectivity index (χ1) is 6.52. The zero-order chi connectivity index (χ0) is 11.1. The van der Waals surface area contributed by atoms with Crippen molar-refractivity contribution in [1.29, 1.82) is 5.26 Å². The number of hydrazine groups is 1. The lowest BCUT2D eigenvalue weighted by Crippen LogP contribution is -2.45. The van der Waals surface area contributed by atoms with Crippen molar-refractivity contribution in [2.75, 3.05) is 14.2 Å². The van der Waals surface area contributed by atoms with Crippen molar-refractivity contribution in [2.24, 2.45) is 5.16 Å². The maximum atomic E-state index is 11.3. The lowest BCUT2D eigenvalue weighted by molar-refractivity contribution is -0.134. The van der Waals surface area contributed by atoms with E-state index in [4.69, 9.17) is 5.26 Å². The zero-order valence-corrected chi connectivity index (χ0v) is 8.07. The molecular formula is C7H10N4O3. The highest BCUT2D eigenvalue weighted by Crippen LogP contribution is 1.86. The molecule has 1 N–H and O–H groups in total. The number of hydrogen-bond acceptors (Lipinski definition) is 5. The Balaban J connectivity index is 4.53. The van der Waals surface area contributed by atoms with Crippen LogP contribution in [0.5, 0.6) is 0 Å². The van der Waals surface area contributed by atoms with Crippen LogP contribution < -0.4 is 5.43 Å². The minimum absolute atomic E-state index is 0.421. The second-order valence-corrected chi connectivity index (χ2v) is 2.27. The number of amides is 2. The van der Waals surface area contributed by atoms with Crippen LogP contribution in [0.15, 0.2) is 5.16 Å². The highest BCUT2D eigenvalue weighted by Gasteiger charge is 2.17. The molecule has 0 aliphatic heterocycles. The number of rotatable bonds is 2. The van der Waals surface area contributed by atoms with E-state index in [1.165, 1.54) is 27.2 Å². The van der Waals surface area contributed by atoms with Crippen molar-refractivity contribution in [3.05, 3.63) is 0 Å². The van der Waals surface area contributed by atoms with Crippen molar-refractivity contribution < 1.29 is 14.4 Å². The van der Waals surface area contributed by atoms with Crippen molar-refractivity contribution >= 4 is 17.5 Å². The maximum absolute atomic E-state index is 11.3. The van der Waals surface area contributed by atoms with Crippen LogP contribution in [-0.2, 0) is 14.4 Å². The standard InChI is InChI=1S/C7H10N4O3/c1-5(12)9-11(2)7(13)6(4-8)10-14-3/h1-3H3,(H,9,12)/b10-6+. The van der Waals surface area contributed by atoms with E-state index in [0.29, 0.717) is 0 Å². The molecule has 0 atom stereocenters. The van der Waals surface area contributed by atoms with Gasteiger partial charge in [0.2, 0.25) is 11.6 Å². The first-order valence-electron chi connectivity index (χ1n) is 3.59. The Morgan fingerprint density at radius 1 is 1.57 bits per heavy atom. The van der Waals surface area contributed by atoms with E-state index >= 15 is 0 Å². The van der Waals surface area contributed by atoms with E-state index in [0.717, 1.165) is 5.01 Å². The van der Waals surface area contributed by atoms with Gasteiger partial charge in [0.1, 0.15) is 13.2 Å². The molecule has 0 aliphatic carbocycles. The summed E-state index contributed by atoms with van der Waals surface area (Å²) in [5, 5.41) is 12.5. The number of nitrogens with zero attached hydrogens (tertiary/aromatic N) is 3. The summed E-state index contributed by atoms with van der Waals surface area (Å²) < 4.78 is 0. The third-order valence-electron chi connectivity index (χ3n) is 1.12. The molecule has 76 valence electrons. The highest BCUT2D eigenvalue weighted by atomic mass is 16.6. The van der Waals surface area contributed by atoms with Crippen LogP contribution in [0.4, 0.5) is 0 Å². The molecule has 0 aromatic rings. The topological polar surface area (TPSA) is 94.8 Å². The molecule has 0 fully saturated rings. The predicted molar refractivity (Wildman–Crippen MR) is 46.6 cm³/mol. The minimum Gasteiger partial charge on any atom is -0.398 e. The van der Waals surface area contributed by atoms with Gasteiger partial charge < -0.3 is 4.84 Å². The molecule has 0 saturated carbocycles. The lowest BCUT2D eigenvalue weighted by atomic mass is 10.4. The number of nitriles is 1. The molecule has 0 radical (unpaired) electrons. The molecule has 0 aromatic carbocycles. The summed E-state index contributed by atoms with van der Waals surface area (Å²) in [4.78, 5) is 26.1. The maximum Gasteiger partial charge on any atom is 0.304 e. The van der Waals surface area contributed by atoms with Gasteiger partial charge in [-0.05, 0) is 0 Å². The third kappa shape index (κ3) is 3.53. The first-order valence-corrected chi connectivity index (χ1v) is 3.59. The van der Waals surface area contributed by atoms with Crippen molar-refractivity contribution in [1.82, 2.24) is 10.4 Å². The Morgan fingerprint density at radius 3 is 2.50 bits per heavy atom. The first kappa shape index (κ1) is 11.9. The van der Waals surface area contributed by atoms with Crippen molar-refractivity contribution in [2.45, 2.75) is 6.92 Å². The largest absolute Gasteiger partial charge is 0.398 e. The van der Waals surface area contributed by atoms with E-state index in [1.807, 2.05) is 0 Å². The smallest absolute Gasteiger partial charge is 0.304 e. The SMILES string of the molecule is CO/N=C(\C#N)C(=O)N(C)NC(C)=O. The average Bonchev–Trinajstić information content (AvgIpc) is 2.12. The van der Waals surface area contributed by atoms with Gasteiger partial charge in [0.05, 0.1) is 0 Å². The third-order valence-corrected chi connectivity index (χ3v) is 1.12. The van der Waals surface area contributed by atoms with Crippen LogP contribution in [0, 0.1) is 11.3 Å². The second kappa shape index (κ2) is 5.53. The van der Waals surface area contributed by atoms with Gasteiger partial charge in [-0.2, -0.15) is 5.26 Å². The molecule has 0 rings (SSSR count). The number of carbonyl (C=O) groups is 2. The monoisotopic (exact) mass is 198 g/mol. The van der Waals surface area contributed by atoms with Gasteiger partial charge >= 0.3 is 5.91 Å². The Labute approximate surface area is 80.9 Å². The number of nitrogens with one attached hydrogen (secondary N) is 1. The van der Waals surface area contributed by atoms with Gasteiger partial charge in [0.25, 0.3) is 0 Å². The molecule has 0 heterocycles. The molecule has 0 bridgehead atoms. The molecule has 0 aromatic heterocycles. The summed E-state index contributed by atoms with van der Waals surface area (Å²) >= 11 is 0. The summed E-state index contributed by atoms with van der Waals surface area (Å²) in [6, 6.07) is 1.54. The van der Waals surface area contributed by atoms with E-state index in [2.05, 4.69) is 15.4 Å².